The number of carbonyl (C=O) groups excluding carboxylic acids is 2. The number of rotatable bonds is 4. The largest absolute Gasteiger partial charge is 0.496 e. The second kappa shape index (κ2) is 8.88. The third-order valence-corrected chi connectivity index (χ3v) is 6.29. The molecule has 0 bridgehead atoms. The van der Waals surface area contributed by atoms with Gasteiger partial charge in [0.15, 0.2) is 5.78 Å². The Morgan fingerprint density at radius 1 is 1.18 bits per heavy atom. The van der Waals surface area contributed by atoms with Crippen LogP contribution in [-0.2, 0) is 4.74 Å². The highest BCUT2D eigenvalue weighted by Crippen LogP contribution is 2.41. The Morgan fingerprint density at radius 2 is 1.94 bits per heavy atom. The first-order valence-electron chi connectivity index (χ1n) is 10.6. The van der Waals surface area contributed by atoms with Gasteiger partial charge < -0.3 is 18.8 Å². The molecule has 1 fully saturated rings. The van der Waals surface area contributed by atoms with Gasteiger partial charge >= 0.3 is 6.09 Å². The van der Waals surface area contributed by atoms with E-state index < -0.39 is 11.7 Å². The lowest BCUT2D eigenvalue weighted by molar-refractivity contribution is 0.0289. The van der Waals surface area contributed by atoms with Crippen molar-refractivity contribution in [3.63, 3.8) is 0 Å². The molecule has 0 radical (unpaired) electrons. The molecule has 1 aromatic carbocycles. The molecule has 174 valence electrons. The number of pyridine rings is 1. The van der Waals surface area contributed by atoms with Gasteiger partial charge in [0.1, 0.15) is 22.7 Å². The van der Waals surface area contributed by atoms with E-state index in [0.717, 1.165) is 5.56 Å². The third kappa shape index (κ3) is 4.80. The number of benzene rings is 1. The number of fused-ring (bicyclic) bond motifs is 1. The van der Waals surface area contributed by atoms with Gasteiger partial charge in [0.05, 0.1) is 17.2 Å². The molecule has 4 rings (SSSR count). The second-order valence-corrected chi connectivity index (χ2v) is 9.81. The van der Waals surface area contributed by atoms with Crippen molar-refractivity contribution in [2.24, 2.45) is 5.92 Å². The number of Topliss-reactive ketones (excluding diaryl/α,β-unsaturated/α-hetero) is 1. The number of likely N-dealkylation sites (tertiary alicyclic amines) is 1. The minimum absolute atomic E-state index is 0.0929. The molecule has 1 amide bonds. The maximum atomic E-state index is 13.1. The fraction of sp³-hybridized carbons (Fsp3) is 0.375. The summed E-state index contributed by atoms with van der Waals surface area (Å²) in [5, 5.41) is 0.804. The average Bonchev–Trinajstić information content (AvgIpc) is 3.41. The van der Waals surface area contributed by atoms with Crippen LogP contribution in [0.15, 0.2) is 36.7 Å². The molecule has 1 atom stereocenters. The first-order valence-corrected chi connectivity index (χ1v) is 11.4. The summed E-state index contributed by atoms with van der Waals surface area (Å²) in [5.41, 5.74) is 1.80. The topological polar surface area (TPSA) is 73.1 Å². The molecule has 3 aromatic rings. The number of imidazole rings is 1. The normalized spacial score (nSPS) is 16.3. The van der Waals surface area contributed by atoms with Crippen molar-refractivity contribution in [2.45, 2.75) is 32.8 Å². The molecule has 9 heteroatoms. The van der Waals surface area contributed by atoms with Crippen molar-refractivity contribution in [3.05, 3.63) is 52.4 Å². The standard InChI is InChI=1S/C24H25Cl2N3O4/c1-24(2,3)33-23(31)29-10-8-15(12-29)22(30)17-13-28-9-7-14(11-19(28)27-17)20-18(32-4)6-5-16(25)21(20)26/h5-7,9,11,13,15H,8,10,12H2,1-4H3. The van der Waals surface area contributed by atoms with E-state index in [0.29, 0.717) is 52.2 Å². The molecule has 1 unspecified atom stereocenters. The third-order valence-electron chi connectivity index (χ3n) is 5.49. The van der Waals surface area contributed by atoms with Gasteiger partial charge in [-0.05, 0) is 57.0 Å². The smallest absolute Gasteiger partial charge is 0.410 e. The Balaban J connectivity index is 1.57. The molecule has 7 nitrogen and oxygen atoms in total. The van der Waals surface area contributed by atoms with Crippen molar-refractivity contribution < 1.29 is 19.1 Å². The molecule has 3 heterocycles. The summed E-state index contributed by atoms with van der Waals surface area (Å²) in [6.45, 7) is 6.26. The van der Waals surface area contributed by atoms with Crippen molar-refractivity contribution >= 4 is 40.7 Å². The van der Waals surface area contributed by atoms with E-state index in [-0.39, 0.29) is 11.7 Å². The quantitative estimate of drug-likeness (QED) is 0.435. The van der Waals surface area contributed by atoms with Crippen molar-refractivity contribution in [3.8, 4) is 16.9 Å². The van der Waals surface area contributed by atoms with Crippen LogP contribution in [0.4, 0.5) is 4.79 Å². The zero-order chi connectivity index (χ0) is 23.9. The Kier molecular flexibility index (Phi) is 6.29. The van der Waals surface area contributed by atoms with Crippen molar-refractivity contribution in [1.82, 2.24) is 14.3 Å². The van der Waals surface area contributed by atoms with E-state index in [1.165, 1.54) is 0 Å². The van der Waals surface area contributed by atoms with Crippen molar-refractivity contribution in [2.75, 3.05) is 20.2 Å². The van der Waals surface area contributed by atoms with Crippen LogP contribution in [-0.4, -0.2) is 52.0 Å². The van der Waals surface area contributed by atoms with E-state index in [1.54, 1.807) is 34.7 Å². The van der Waals surface area contributed by atoms with Gasteiger partial charge in [0, 0.05) is 37.0 Å². The first kappa shape index (κ1) is 23.4. The summed E-state index contributed by atoms with van der Waals surface area (Å²) in [6.07, 6.45) is 3.69. The van der Waals surface area contributed by atoms with Gasteiger partial charge in [-0.3, -0.25) is 4.79 Å². The molecule has 0 N–H and O–H groups in total. The Bertz CT molecular complexity index is 1230. The van der Waals surface area contributed by atoms with E-state index in [4.69, 9.17) is 32.7 Å². The average molecular weight is 490 g/mol. The molecule has 33 heavy (non-hydrogen) atoms. The fourth-order valence-corrected chi connectivity index (χ4v) is 4.33. The fourth-order valence-electron chi connectivity index (χ4n) is 3.90. The second-order valence-electron chi connectivity index (χ2n) is 9.02. The van der Waals surface area contributed by atoms with E-state index >= 15 is 0 Å². The van der Waals surface area contributed by atoms with Crippen LogP contribution in [0, 0.1) is 5.92 Å². The van der Waals surface area contributed by atoms with Crippen LogP contribution >= 0.6 is 23.2 Å². The lowest BCUT2D eigenvalue weighted by atomic mass is 10.0. The van der Waals surface area contributed by atoms with Crippen LogP contribution in [0.3, 0.4) is 0 Å². The summed E-state index contributed by atoms with van der Waals surface area (Å²) < 4.78 is 12.7. The van der Waals surface area contributed by atoms with Crippen LogP contribution in [0.1, 0.15) is 37.7 Å². The summed E-state index contributed by atoms with van der Waals surface area (Å²) in [4.78, 5) is 31.6. The Hall–Kier alpha value is -2.77. The molecule has 0 saturated carbocycles. The molecular weight excluding hydrogens is 465 g/mol. The van der Waals surface area contributed by atoms with E-state index in [1.807, 2.05) is 39.1 Å². The van der Waals surface area contributed by atoms with Gasteiger partial charge in [-0.25, -0.2) is 9.78 Å². The molecule has 0 aliphatic carbocycles. The zero-order valence-corrected chi connectivity index (χ0v) is 20.4. The SMILES string of the molecule is COc1ccc(Cl)c(Cl)c1-c1ccn2cc(C(=O)C3CCN(C(=O)OC(C)(C)C)C3)nc2c1. The highest BCUT2D eigenvalue weighted by molar-refractivity contribution is 6.44. The molecular formula is C24H25Cl2N3O4. The maximum Gasteiger partial charge on any atom is 0.410 e. The molecule has 1 saturated heterocycles. The van der Waals surface area contributed by atoms with Gasteiger partial charge in [-0.15, -0.1) is 0 Å². The molecule has 2 aromatic heterocycles. The van der Waals surface area contributed by atoms with Gasteiger partial charge in [0.25, 0.3) is 0 Å². The Morgan fingerprint density at radius 3 is 2.64 bits per heavy atom. The van der Waals surface area contributed by atoms with Crippen LogP contribution < -0.4 is 4.74 Å². The summed E-state index contributed by atoms with van der Waals surface area (Å²) in [5.74, 6) is 0.179. The highest BCUT2D eigenvalue weighted by Gasteiger charge is 2.34. The number of amides is 1. The van der Waals surface area contributed by atoms with Gasteiger partial charge in [0.2, 0.25) is 0 Å². The zero-order valence-electron chi connectivity index (χ0n) is 18.9. The van der Waals surface area contributed by atoms with Gasteiger partial charge in [-0.2, -0.15) is 0 Å². The summed E-state index contributed by atoms with van der Waals surface area (Å²) in [7, 11) is 1.57. The molecule has 1 aliphatic heterocycles. The van der Waals surface area contributed by atoms with Crippen LogP contribution in [0.25, 0.3) is 16.8 Å². The minimum Gasteiger partial charge on any atom is -0.496 e. The lowest BCUT2D eigenvalue weighted by Gasteiger charge is -2.24. The summed E-state index contributed by atoms with van der Waals surface area (Å²) in [6, 6.07) is 7.13. The number of hydrogen-bond acceptors (Lipinski definition) is 5. The predicted octanol–water partition coefficient (Wildman–Crippen LogP) is 5.76. The maximum absolute atomic E-state index is 13.1. The number of methoxy groups -OCH3 is 1. The number of halogens is 2. The predicted molar refractivity (Wildman–Crippen MR) is 127 cm³/mol. The van der Waals surface area contributed by atoms with Crippen molar-refractivity contribution in [1.29, 1.82) is 0 Å². The first-order chi connectivity index (χ1) is 15.6. The Labute approximate surface area is 202 Å². The molecule has 0 spiro atoms. The number of carbonyl (C=O) groups is 2. The van der Waals surface area contributed by atoms with E-state index in [2.05, 4.69) is 4.98 Å². The van der Waals surface area contributed by atoms with Crippen LogP contribution in [0.5, 0.6) is 5.75 Å². The lowest BCUT2D eigenvalue weighted by Crippen LogP contribution is -2.35. The number of hydrogen-bond donors (Lipinski definition) is 0. The highest BCUT2D eigenvalue weighted by atomic mass is 35.5. The van der Waals surface area contributed by atoms with E-state index in [9.17, 15) is 9.59 Å². The number of ketones is 1. The monoisotopic (exact) mass is 489 g/mol. The summed E-state index contributed by atoms with van der Waals surface area (Å²) >= 11 is 12.7. The minimum atomic E-state index is -0.576. The number of ether oxygens (including phenoxy) is 2. The number of nitrogens with zero attached hydrogens (tertiary/aromatic N) is 3. The number of aromatic nitrogens is 2. The van der Waals surface area contributed by atoms with Gasteiger partial charge in [-0.1, -0.05) is 23.2 Å². The molecule has 1 aliphatic rings. The van der Waals surface area contributed by atoms with Crippen LogP contribution in [0.2, 0.25) is 10.0 Å².